The maximum atomic E-state index is 10.5. The summed E-state index contributed by atoms with van der Waals surface area (Å²) < 4.78 is 4.49. The van der Waals surface area contributed by atoms with Crippen molar-refractivity contribution in [3.05, 3.63) is 0 Å². The Bertz CT molecular complexity index is 95.8. The van der Waals surface area contributed by atoms with Crippen LogP contribution in [-0.4, -0.2) is 18.7 Å². The number of esters is 1. The van der Waals surface area contributed by atoms with E-state index in [1.54, 1.807) is 6.92 Å². The zero-order valence-electron chi connectivity index (χ0n) is 5.26. The minimum Gasteiger partial charge on any atom is -0.464 e. The number of carbonyl (C=O) groups excluding carboxylic acids is 1. The first-order chi connectivity index (χ1) is 4.22. The summed E-state index contributed by atoms with van der Waals surface area (Å²) in [5.41, 5.74) is 7.14. The lowest BCUT2D eigenvalue weighted by atomic mass is 10.5. The first-order valence-corrected chi connectivity index (χ1v) is 2.60. The highest BCUT2D eigenvalue weighted by atomic mass is 16.5. The van der Waals surface area contributed by atoms with Gasteiger partial charge in [-0.15, -0.1) is 0 Å². The fourth-order valence-electron chi connectivity index (χ4n) is 0.300. The van der Waals surface area contributed by atoms with Crippen LogP contribution in [0.5, 0.6) is 0 Å². The van der Waals surface area contributed by atoms with Crippen molar-refractivity contribution in [3.63, 3.8) is 0 Å². The second kappa shape index (κ2) is 4.25. The zero-order valence-corrected chi connectivity index (χ0v) is 5.26. The van der Waals surface area contributed by atoms with E-state index in [4.69, 9.17) is 11.6 Å². The van der Waals surface area contributed by atoms with Gasteiger partial charge in [-0.1, -0.05) is 0 Å². The van der Waals surface area contributed by atoms with Gasteiger partial charge < -0.3 is 10.5 Å². The van der Waals surface area contributed by atoms with Gasteiger partial charge in [0.25, 0.3) is 0 Å². The highest BCUT2D eigenvalue weighted by molar-refractivity contribution is 5.74. The number of carbonyl (C=O) groups is 1. The molecule has 0 amide bonds. The Labute approximate surface area is 53.3 Å². The van der Waals surface area contributed by atoms with Gasteiger partial charge in [0.2, 0.25) is 0 Å². The van der Waals surface area contributed by atoms with Crippen LogP contribution >= 0.6 is 0 Å². The molecule has 9 heavy (non-hydrogen) atoms. The van der Waals surface area contributed by atoms with Crippen LogP contribution in [0.1, 0.15) is 6.92 Å². The molecule has 0 saturated heterocycles. The molecule has 0 aliphatic rings. The normalized spacial score (nSPS) is 12.8. The van der Waals surface area contributed by atoms with Crippen LogP contribution < -0.4 is 17.0 Å². The van der Waals surface area contributed by atoms with Gasteiger partial charge in [-0.25, -0.2) is 10.2 Å². The fraction of sp³-hybridized carbons (Fsp3) is 0.750. The molecule has 1 unspecified atom stereocenters. The van der Waals surface area contributed by atoms with Gasteiger partial charge in [0.05, 0.1) is 6.61 Å². The summed E-state index contributed by atoms with van der Waals surface area (Å²) in [6.07, 6.45) is -0.912. The van der Waals surface area contributed by atoms with E-state index in [1.807, 2.05) is 0 Å². The van der Waals surface area contributed by atoms with Crippen molar-refractivity contribution in [1.29, 1.82) is 0 Å². The van der Waals surface area contributed by atoms with E-state index >= 15 is 0 Å². The summed E-state index contributed by atoms with van der Waals surface area (Å²) in [6.45, 7) is 2.01. The fourth-order valence-corrected chi connectivity index (χ4v) is 0.300. The Kier molecular flexibility index (Phi) is 3.94. The molecule has 5 N–H and O–H groups in total. The van der Waals surface area contributed by atoms with Crippen molar-refractivity contribution in [1.82, 2.24) is 5.43 Å². The van der Waals surface area contributed by atoms with Crippen LogP contribution in [-0.2, 0) is 9.53 Å². The van der Waals surface area contributed by atoms with E-state index < -0.39 is 12.1 Å². The minimum absolute atomic E-state index is 0.314. The molecule has 0 aromatic rings. The smallest absolute Gasteiger partial charge is 0.339 e. The lowest BCUT2D eigenvalue weighted by Gasteiger charge is -2.07. The highest BCUT2D eigenvalue weighted by Gasteiger charge is 2.10. The monoisotopic (exact) mass is 133 g/mol. The van der Waals surface area contributed by atoms with Crippen molar-refractivity contribution >= 4 is 5.97 Å². The number of nitrogens with one attached hydrogen (secondary N) is 1. The highest BCUT2D eigenvalue weighted by Crippen LogP contribution is 1.77. The standard InChI is InChI=1S/C4H11N3O2/c1-2-9-4(8)3(5)7-6/h3,7H,2,5-6H2,1H3. The van der Waals surface area contributed by atoms with E-state index in [9.17, 15) is 4.79 Å². The van der Waals surface area contributed by atoms with Gasteiger partial charge in [0.1, 0.15) is 0 Å². The maximum absolute atomic E-state index is 10.5. The molecule has 1 atom stereocenters. The lowest BCUT2D eigenvalue weighted by Crippen LogP contribution is -2.48. The van der Waals surface area contributed by atoms with Crippen molar-refractivity contribution in [2.24, 2.45) is 11.6 Å². The van der Waals surface area contributed by atoms with E-state index in [2.05, 4.69) is 10.2 Å². The van der Waals surface area contributed by atoms with Crippen LogP contribution in [0, 0.1) is 0 Å². The number of rotatable bonds is 3. The number of ether oxygens (including phenoxy) is 1. The summed E-state index contributed by atoms with van der Waals surface area (Å²) in [6, 6.07) is 0. The molecular weight excluding hydrogens is 122 g/mol. The van der Waals surface area contributed by atoms with E-state index in [-0.39, 0.29) is 0 Å². The topological polar surface area (TPSA) is 90.4 Å². The van der Waals surface area contributed by atoms with Gasteiger partial charge in [-0.05, 0) is 6.92 Å². The van der Waals surface area contributed by atoms with E-state index in [1.165, 1.54) is 0 Å². The van der Waals surface area contributed by atoms with Crippen molar-refractivity contribution in [2.75, 3.05) is 6.61 Å². The number of hydrogen-bond donors (Lipinski definition) is 3. The largest absolute Gasteiger partial charge is 0.464 e. The minimum atomic E-state index is -0.912. The third kappa shape index (κ3) is 3.02. The Morgan fingerprint density at radius 1 is 1.89 bits per heavy atom. The van der Waals surface area contributed by atoms with Gasteiger partial charge in [0, 0.05) is 0 Å². The van der Waals surface area contributed by atoms with E-state index in [0.717, 1.165) is 0 Å². The number of hydrazine groups is 1. The van der Waals surface area contributed by atoms with Crippen LogP contribution in [0.15, 0.2) is 0 Å². The first-order valence-electron chi connectivity index (χ1n) is 2.60. The second-order valence-electron chi connectivity index (χ2n) is 1.40. The molecule has 0 saturated carbocycles. The molecule has 0 fully saturated rings. The van der Waals surface area contributed by atoms with Crippen LogP contribution in [0.25, 0.3) is 0 Å². The Morgan fingerprint density at radius 2 is 2.44 bits per heavy atom. The predicted octanol–water partition coefficient (Wildman–Crippen LogP) is -1.70. The van der Waals surface area contributed by atoms with Gasteiger partial charge in [-0.2, -0.15) is 0 Å². The van der Waals surface area contributed by atoms with Crippen molar-refractivity contribution in [2.45, 2.75) is 13.1 Å². The average Bonchev–Trinajstić information content (AvgIpc) is 1.87. The second-order valence-corrected chi connectivity index (χ2v) is 1.40. The van der Waals surface area contributed by atoms with Gasteiger partial charge in [-0.3, -0.25) is 5.84 Å². The molecule has 0 aliphatic heterocycles. The number of hydrogen-bond acceptors (Lipinski definition) is 5. The lowest BCUT2D eigenvalue weighted by molar-refractivity contribution is -0.145. The molecule has 0 spiro atoms. The molecule has 5 heteroatoms. The van der Waals surface area contributed by atoms with Crippen molar-refractivity contribution < 1.29 is 9.53 Å². The van der Waals surface area contributed by atoms with E-state index in [0.29, 0.717) is 6.61 Å². The molecule has 0 radical (unpaired) electrons. The Morgan fingerprint density at radius 3 is 2.78 bits per heavy atom. The van der Waals surface area contributed by atoms with Gasteiger partial charge >= 0.3 is 5.97 Å². The molecule has 0 aliphatic carbocycles. The van der Waals surface area contributed by atoms with Crippen LogP contribution in [0.2, 0.25) is 0 Å². The quantitative estimate of drug-likeness (QED) is 0.185. The Hall–Kier alpha value is -0.650. The third-order valence-electron chi connectivity index (χ3n) is 0.720. The molecule has 5 nitrogen and oxygen atoms in total. The SMILES string of the molecule is CCOC(=O)C(N)NN. The summed E-state index contributed by atoms with van der Waals surface area (Å²) >= 11 is 0. The number of nitrogens with two attached hydrogens (primary N) is 2. The molecule has 0 bridgehead atoms. The van der Waals surface area contributed by atoms with Crippen LogP contribution in [0.4, 0.5) is 0 Å². The predicted molar refractivity (Wildman–Crippen MR) is 31.9 cm³/mol. The zero-order chi connectivity index (χ0) is 7.28. The average molecular weight is 133 g/mol. The van der Waals surface area contributed by atoms with Crippen LogP contribution in [0.3, 0.4) is 0 Å². The summed E-state index contributed by atoms with van der Waals surface area (Å²) in [5.74, 6) is 4.29. The molecular formula is C4H11N3O2. The summed E-state index contributed by atoms with van der Waals surface area (Å²) in [7, 11) is 0. The third-order valence-corrected chi connectivity index (χ3v) is 0.720. The Balaban J connectivity index is 3.46. The van der Waals surface area contributed by atoms with Gasteiger partial charge in [0.15, 0.2) is 6.17 Å². The van der Waals surface area contributed by atoms with Crippen molar-refractivity contribution in [3.8, 4) is 0 Å². The maximum Gasteiger partial charge on any atom is 0.339 e. The summed E-state index contributed by atoms with van der Waals surface area (Å²) in [4.78, 5) is 10.5. The summed E-state index contributed by atoms with van der Waals surface area (Å²) in [5, 5.41) is 0. The molecule has 0 heterocycles. The molecule has 0 aromatic heterocycles. The first kappa shape index (κ1) is 8.35. The molecule has 0 rings (SSSR count). The molecule has 54 valence electrons. The molecule has 0 aromatic carbocycles.